The largest absolute Gasteiger partial charge is 0.479 e. The zero-order valence-electron chi connectivity index (χ0n) is 18.2. The van der Waals surface area contributed by atoms with E-state index in [1.165, 1.54) is 12.1 Å². The van der Waals surface area contributed by atoms with Crippen LogP contribution in [0.4, 0.5) is 24.5 Å². The number of nitrogens with one attached hydrogen (secondary N) is 1. The number of fused-ring (bicyclic) bond motifs is 1. The maximum atomic E-state index is 15.0. The van der Waals surface area contributed by atoms with Gasteiger partial charge in [0.2, 0.25) is 6.29 Å². The highest BCUT2D eigenvalue weighted by Crippen LogP contribution is 2.34. The van der Waals surface area contributed by atoms with Crippen molar-refractivity contribution in [3.63, 3.8) is 0 Å². The first-order valence-electron chi connectivity index (χ1n) is 10.3. The smallest absolute Gasteiger partial charge is 0.335 e. The van der Waals surface area contributed by atoms with E-state index in [-0.39, 0.29) is 17.0 Å². The summed E-state index contributed by atoms with van der Waals surface area (Å²) in [6.07, 6.45) is -10.0. The molecule has 0 aliphatic carbocycles. The fourth-order valence-electron chi connectivity index (χ4n) is 3.63. The number of anilines is 2. The molecule has 0 amide bonds. The lowest BCUT2D eigenvalue weighted by atomic mass is 9.99. The van der Waals surface area contributed by atoms with Crippen molar-refractivity contribution < 1.29 is 52.4 Å². The molecule has 1 aliphatic rings. The Bertz CT molecular complexity index is 1410. The molecule has 7 N–H and O–H groups in total. The number of benzene rings is 2. The van der Waals surface area contributed by atoms with Crippen LogP contribution in [0.5, 0.6) is 0 Å². The molecule has 1 aromatic heterocycles. The Morgan fingerprint density at radius 3 is 2.42 bits per heavy atom. The van der Waals surface area contributed by atoms with Gasteiger partial charge in [-0.25, -0.2) is 22.8 Å². The van der Waals surface area contributed by atoms with Crippen LogP contribution in [0, 0.1) is 24.4 Å². The Morgan fingerprint density at radius 2 is 1.78 bits per heavy atom. The molecule has 0 saturated carbocycles. The van der Waals surface area contributed by atoms with Crippen molar-refractivity contribution in [3.8, 4) is 11.3 Å². The van der Waals surface area contributed by atoms with Gasteiger partial charge in [-0.15, -0.1) is 0 Å². The average Bonchev–Trinajstić information content (AvgIpc) is 2.83. The minimum Gasteiger partial charge on any atom is -0.479 e. The van der Waals surface area contributed by atoms with Crippen LogP contribution >= 0.6 is 0 Å². The Labute approximate surface area is 199 Å². The van der Waals surface area contributed by atoms with Crippen molar-refractivity contribution in [1.82, 2.24) is 0 Å². The molecule has 0 radical (unpaired) electrons. The summed E-state index contributed by atoms with van der Waals surface area (Å²) in [6.45, 7) is 1.03. The van der Waals surface area contributed by atoms with E-state index in [9.17, 15) is 38.1 Å². The van der Waals surface area contributed by atoms with E-state index in [0.717, 1.165) is 19.1 Å². The summed E-state index contributed by atoms with van der Waals surface area (Å²) in [5, 5.41) is 38.1. The number of carbonyl (C=O) groups is 1. The maximum Gasteiger partial charge on any atom is 0.335 e. The third-order valence-corrected chi connectivity index (χ3v) is 5.65. The summed E-state index contributed by atoms with van der Waals surface area (Å²) < 4.78 is 54.1. The molecule has 0 bridgehead atoms. The lowest BCUT2D eigenvalue weighted by molar-refractivity contribution is -0.287. The molecule has 1 saturated heterocycles. The van der Waals surface area contributed by atoms with Crippen LogP contribution in [0.1, 0.15) is 5.56 Å². The SMILES string of the molecule is Cc1c(F)c(NO[C@@H]2O[C@H](C(=O)O)[C@@H](O)[C@H](O)[C@H]2O)c2c(=O)cc(-c3ccc(N)c(F)c3)oc2c1F. The molecule has 2 aromatic carbocycles. The van der Waals surface area contributed by atoms with Gasteiger partial charge in [-0.05, 0) is 25.1 Å². The minimum absolute atomic E-state index is 0.0406. The highest BCUT2D eigenvalue weighted by Gasteiger charge is 2.48. The normalized spacial score (nSPS) is 24.1. The van der Waals surface area contributed by atoms with E-state index in [1.54, 1.807) is 0 Å². The first-order valence-corrected chi connectivity index (χ1v) is 10.3. The Balaban J connectivity index is 1.76. The van der Waals surface area contributed by atoms with Crippen LogP contribution in [-0.4, -0.2) is 57.1 Å². The van der Waals surface area contributed by atoms with Crippen LogP contribution < -0.4 is 16.6 Å². The van der Waals surface area contributed by atoms with Gasteiger partial charge in [0.25, 0.3) is 0 Å². The van der Waals surface area contributed by atoms with Gasteiger partial charge < -0.3 is 35.3 Å². The summed E-state index contributed by atoms with van der Waals surface area (Å²) >= 11 is 0. The molecule has 192 valence electrons. The number of nitrogens with two attached hydrogens (primary N) is 1. The standard InChI is InChI=1S/C22H19F3N2O9/c1-6-13(24)15(27-36-22-18(31)16(29)17(30)20(35-22)21(32)33)12-10(28)5-11(34-19(12)14(6)25)7-2-3-9(26)8(23)4-7/h2-5,16-18,20,22,27,29-31H,26H2,1H3,(H,32,33)/t16-,17-,18+,20-,22-/m0/s1. The molecule has 36 heavy (non-hydrogen) atoms. The fourth-order valence-corrected chi connectivity index (χ4v) is 3.63. The Hall–Kier alpha value is -3.69. The molecule has 14 heteroatoms. The number of carboxylic acid groups (broad SMARTS) is 1. The summed E-state index contributed by atoms with van der Waals surface area (Å²) in [7, 11) is 0. The molecule has 5 atom stereocenters. The van der Waals surface area contributed by atoms with E-state index >= 15 is 0 Å². The fraction of sp³-hybridized carbons (Fsp3) is 0.273. The second-order valence-corrected chi connectivity index (χ2v) is 8.00. The number of halogens is 3. The zero-order valence-corrected chi connectivity index (χ0v) is 18.2. The van der Waals surface area contributed by atoms with Gasteiger partial charge in [0, 0.05) is 17.2 Å². The predicted octanol–water partition coefficient (Wildman–Crippen LogP) is 1.00. The van der Waals surface area contributed by atoms with Crippen molar-refractivity contribution in [2.75, 3.05) is 11.2 Å². The van der Waals surface area contributed by atoms with Crippen LogP contribution in [0.15, 0.2) is 33.5 Å². The predicted molar refractivity (Wildman–Crippen MR) is 116 cm³/mol. The number of aliphatic hydroxyl groups excluding tert-OH is 3. The molecule has 0 unspecified atom stereocenters. The number of aliphatic hydroxyl groups is 3. The van der Waals surface area contributed by atoms with Gasteiger partial charge in [0.05, 0.1) is 11.1 Å². The molecule has 0 spiro atoms. The van der Waals surface area contributed by atoms with E-state index in [4.69, 9.17) is 24.8 Å². The van der Waals surface area contributed by atoms with E-state index in [1.807, 2.05) is 5.48 Å². The minimum atomic E-state index is -2.02. The molecule has 2 heterocycles. The number of ether oxygens (including phenoxy) is 1. The molecule has 3 aromatic rings. The number of carboxylic acids is 1. The van der Waals surface area contributed by atoms with Crippen molar-refractivity contribution in [1.29, 1.82) is 0 Å². The second kappa shape index (κ2) is 9.40. The zero-order chi connectivity index (χ0) is 26.5. The van der Waals surface area contributed by atoms with Crippen LogP contribution in [0.2, 0.25) is 0 Å². The summed E-state index contributed by atoms with van der Waals surface area (Å²) in [4.78, 5) is 29.1. The van der Waals surface area contributed by atoms with E-state index in [0.29, 0.717) is 0 Å². The number of rotatable bonds is 5. The number of aliphatic carboxylic acids is 1. The highest BCUT2D eigenvalue weighted by molar-refractivity contribution is 5.92. The van der Waals surface area contributed by atoms with Crippen LogP contribution in [-0.2, 0) is 14.4 Å². The van der Waals surface area contributed by atoms with Gasteiger partial charge in [-0.2, -0.15) is 0 Å². The number of nitrogen functional groups attached to an aromatic ring is 1. The van der Waals surface area contributed by atoms with Gasteiger partial charge >= 0.3 is 5.97 Å². The van der Waals surface area contributed by atoms with Crippen LogP contribution in [0.3, 0.4) is 0 Å². The Morgan fingerprint density at radius 1 is 1.08 bits per heavy atom. The van der Waals surface area contributed by atoms with Gasteiger partial charge in [-0.3, -0.25) is 10.3 Å². The van der Waals surface area contributed by atoms with Crippen molar-refractivity contribution in [2.45, 2.75) is 37.6 Å². The first kappa shape index (κ1) is 25.4. The van der Waals surface area contributed by atoms with Crippen molar-refractivity contribution in [3.05, 3.63) is 57.5 Å². The Kier molecular flexibility index (Phi) is 6.64. The van der Waals surface area contributed by atoms with Gasteiger partial charge in [-0.1, -0.05) is 0 Å². The lowest BCUT2D eigenvalue weighted by Crippen LogP contribution is -2.60. The van der Waals surface area contributed by atoms with E-state index in [2.05, 4.69) is 0 Å². The quantitative estimate of drug-likeness (QED) is 0.212. The summed E-state index contributed by atoms with van der Waals surface area (Å²) in [6, 6.07) is 4.32. The third kappa shape index (κ3) is 4.25. The molecule has 1 fully saturated rings. The number of hydrogen-bond donors (Lipinski definition) is 6. The maximum absolute atomic E-state index is 15.0. The topological polar surface area (TPSA) is 185 Å². The van der Waals surface area contributed by atoms with Gasteiger partial charge in [0.1, 0.15) is 35.6 Å². The molecule has 1 aliphatic heterocycles. The van der Waals surface area contributed by atoms with Crippen molar-refractivity contribution >= 4 is 28.3 Å². The van der Waals surface area contributed by atoms with E-state index < -0.39 is 81.8 Å². The van der Waals surface area contributed by atoms with Gasteiger partial charge in [0.15, 0.2) is 28.8 Å². The highest BCUT2D eigenvalue weighted by atomic mass is 19.1. The summed E-state index contributed by atoms with van der Waals surface area (Å²) in [5.41, 5.74) is 4.23. The summed E-state index contributed by atoms with van der Waals surface area (Å²) in [5.74, 6) is -5.29. The molecular formula is C22H19F3N2O9. The second-order valence-electron chi connectivity index (χ2n) is 8.00. The number of hydrogen-bond acceptors (Lipinski definition) is 10. The van der Waals surface area contributed by atoms with Crippen LogP contribution in [0.25, 0.3) is 22.3 Å². The third-order valence-electron chi connectivity index (χ3n) is 5.65. The molecule has 11 nitrogen and oxygen atoms in total. The monoisotopic (exact) mass is 512 g/mol. The first-order chi connectivity index (χ1) is 16.9. The lowest BCUT2D eigenvalue weighted by Gasteiger charge is -2.38. The average molecular weight is 512 g/mol. The molecule has 4 rings (SSSR count). The van der Waals surface area contributed by atoms with Crippen molar-refractivity contribution in [2.24, 2.45) is 0 Å². The molecular weight excluding hydrogens is 493 g/mol.